The van der Waals surface area contributed by atoms with Gasteiger partial charge in [-0.2, -0.15) is 0 Å². The van der Waals surface area contributed by atoms with Crippen molar-refractivity contribution in [1.29, 1.82) is 0 Å². The van der Waals surface area contributed by atoms with Gasteiger partial charge in [-0.15, -0.1) is 0 Å². The molecule has 0 aromatic rings. The lowest BCUT2D eigenvalue weighted by molar-refractivity contribution is 0.0412. The minimum Gasteiger partial charge on any atom is -0.393 e. The van der Waals surface area contributed by atoms with E-state index in [-0.39, 0.29) is 17.7 Å². The van der Waals surface area contributed by atoms with Crippen LogP contribution in [0, 0.1) is 5.92 Å². The van der Waals surface area contributed by atoms with Crippen LogP contribution < -0.4 is 5.32 Å². The Morgan fingerprint density at radius 2 is 1.94 bits per heavy atom. The fourth-order valence-corrected chi connectivity index (χ4v) is 2.33. The standard InChI is InChI=1S/C13H27NO2/c1-9(2)16-8-10-6-11(15)7-12(10)14-13(3,4)5/h9-12,14-15H,6-8H2,1-5H3. The molecule has 0 aliphatic heterocycles. The molecule has 3 nitrogen and oxygen atoms in total. The van der Waals surface area contributed by atoms with Crippen molar-refractivity contribution in [3.8, 4) is 0 Å². The lowest BCUT2D eigenvalue weighted by Crippen LogP contribution is -2.46. The molecule has 0 aromatic heterocycles. The average Bonchev–Trinajstić information content (AvgIpc) is 2.39. The molecule has 1 rings (SSSR count). The van der Waals surface area contributed by atoms with Crippen molar-refractivity contribution in [2.45, 2.75) is 71.2 Å². The Balaban J connectivity index is 2.46. The van der Waals surface area contributed by atoms with Gasteiger partial charge in [0.05, 0.1) is 18.8 Å². The zero-order valence-electron chi connectivity index (χ0n) is 11.3. The fourth-order valence-electron chi connectivity index (χ4n) is 2.33. The second-order valence-electron chi connectivity index (χ2n) is 6.27. The molecule has 16 heavy (non-hydrogen) atoms. The summed E-state index contributed by atoms with van der Waals surface area (Å²) in [6.07, 6.45) is 1.82. The number of hydrogen-bond donors (Lipinski definition) is 2. The summed E-state index contributed by atoms with van der Waals surface area (Å²) in [4.78, 5) is 0. The topological polar surface area (TPSA) is 41.5 Å². The van der Waals surface area contributed by atoms with Gasteiger partial charge >= 0.3 is 0 Å². The van der Waals surface area contributed by atoms with Crippen LogP contribution in [0.25, 0.3) is 0 Å². The first-order valence-corrected chi connectivity index (χ1v) is 6.35. The van der Waals surface area contributed by atoms with Gasteiger partial charge in [0, 0.05) is 17.5 Å². The summed E-state index contributed by atoms with van der Waals surface area (Å²) in [6.45, 7) is 11.4. The van der Waals surface area contributed by atoms with Gasteiger partial charge in [-0.3, -0.25) is 0 Å². The van der Waals surface area contributed by atoms with Gasteiger partial charge < -0.3 is 15.2 Å². The van der Waals surface area contributed by atoms with Crippen molar-refractivity contribution in [3.63, 3.8) is 0 Å². The molecule has 0 saturated heterocycles. The van der Waals surface area contributed by atoms with Crippen LogP contribution in [0.2, 0.25) is 0 Å². The Labute approximate surface area is 99.6 Å². The Kier molecular flexibility index (Phi) is 4.77. The second kappa shape index (κ2) is 5.48. The number of rotatable bonds is 4. The van der Waals surface area contributed by atoms with Gasteiger partial charge in [0.1, 0.15) is 0 Å². The van der Waals surface area contributed by atoms with Crippen LogP contribution in [0.5, 0.6) is 0 Å². The molecule has 3 unspecified atom stereocenters. The molecule has 0 radical (unpaired) electrons. The van der Waals surface area contributed by atoms with Crippen LogP contribution >= 0.6 is 0 Å². The summed E-state index contributed by atoms with van der Waals surface area (Å²) in [5.74, 6) is 0.441. The summed E-state index contributed by atoms with van der Waals surface area (Å²) in [5.41, 5.74) is 0.102. The first kappa shape index (κ1) is 13.9. The summed E-state index contributed by atoms with van der Waals surface area (Å²) >= 11 is 0. The Morgan fingerprint density at radius 1 is 1.31 bits per heavy atom. The maximum absolute atomic E-state index is 9.74. The zero-order chi connectivity index (χ0) is 12.3. The van der Waals surface area contributed by atoms with Gasteiger partial charge in [-0.25, -0.2) is 0 Å². The van der Waals surface area contributed by atoms with Gasteiger partial charge in [0.15, 0.2) is 0 Å². The van der Waals surface area contributed by atoms with Gasteiger partial charge in [0.2, 0.25) is 0 Å². The molecule has 2 N–H and O–H groups in total. The third-order valence-electron chi connectivity index (χ3n) is 2.93. The van der Waals surface area contributed by atoms with Crippen LogP contribution in [0.1, 0.15) is 47.5 Å². The molecule has 1 saturated carbocycles. The lowest BCUT2D eigenvalue weighted by Gasteiger charge is -2.30. The third kappa shape index (κ3) is 4.81. The molecule has 1 fully saturated rings. The normalized spacial score (nSPS) is 31.3. The van der Waals surface area contributed by atoms with E-state index in [1.165, 1.54) is 0 Å². The third-order valence-corrected chi connectivity index (χ3v) is 2.93. The predicted molar refractivity (Wildman–Crippen MR) is 66.5 cm³/mol. The van der Waals surface area contributed by atoms with E-state index in [1.54, 1.807) is 0 Å². The highest BCUT2D eigenvalue weighted by Gasteiger charge is 2.35. The Morgan fingerprint density at radius 3 is 2.44 bits per heavy atom. The fraction of sp³-hybridized carbons (Fsp3) is 1.00. The molecule has 96 valence electrons. The van der Waals surface area contributed by atoms with E-state index < -0.39 is 0 Å². The monoisotopic (exact) mass is 229 g/mol. The van der Waals surface area contributed by atoms with Gasteiger partial charge in [0.25, 0.3) is 0 Å². The Hall–Kier alpha value is -0.120. The maximum atomic E-state index is 9.74. The van der Waals surface area contributed by atoms with Crippen LogP contribution in [-0.4, -0.2) is 35.5 Å². The summed E-state index contributed by atoms with van der Waals surface area (Å²) in [6, 6.07) is 0.383. The summed E-state index contributed by atoms with van der Waals surface area (Å²) in [7, 11) is 0. The largest absolute Gasteiger partial charge is 0.393 e. The maximum Gasteiger partial charge on any atom is 0.0559 e. The quantitative estimate of drug-likeness (QED) is 0.774. The van der Waals surface area contributed by atoms with E-state index in [2.05, 4.69) is 39.9 Å². The second-order valence-corrected chi connectivity index (χ2v) is 6.27. The Bertz CT molecular complexity index is 210. The number of aliphatic hydroxyl groups excluding tert-OH is 1. The van der Waals surface area contributed by atoms with Crippen molar-refractivity contribution < 1.29 is 9.84 Å². The molecule has 1 aliphatic rings. The van der Waals surface area contributed by atoms with Crippen LogP contribution in [0.4, 0.5) is 0 Å². The molecule has 3 heteroatoms. The van der Waals surface area contributed by atoms with E-state index in [0.717, 1.165) is 19.4 Å². The molecular formula is C13H27NO2. The number of nitrogens with one attached hydrogen (secondary N) is 1. The van der Waals surface area contributed by atoms with Crippen molar-refractivity contribution in [2.24, 2.45) is 5.92 Å². The molecule has 1 aliphatic carbocycles. The zero-order valence-corrected chi connectivity index (χ0v) is 11.3. The SMILES string of the molecule is CC(C)OCC1CC(O)CC1NC(C)(C)C. The summed E-state index contributed by atoms with van der Waals surface area (Å²) in [5, 5.41) is 13.3. The van der Waals surface area contributed by atoms with E-state index in [1.807, 2.05) is 0 Å². The first-order chi connectivity index (χ1) is 7.28. The number of ether oxygens (including phenoxy) is 1. The molecule has 0 amide bonds. The number of hydrogen-bond acceptors (Lipinski definition) is 3. The highest BCUT2D eigenvalue weighted by atomic mass is 16.5. The van der Waals surface area contributed by atoms with Crippen molar-refractivity contribution >= 4 is 0 Å². The predicted octanol–water partition coefficient (Wildman–Crippen LogP) is 1.94. The van der Waals surface area contributed by atoms with E-state index in [0.29, 0.717) is 12.0 Å². The van der Waals surface area contributed by atoms with E-state index >= 15 is 0 Å². The molecular weight excluding hydrogens is 202 g/mol. The van der Waals surface area contributed by atoms with E-state index in [4.69, 9.17) is 4.74 Å². The van der Waals surface area contributed by atoms with Crippen LogP contribution in [0.15, 0.2) is 0 Å². The molecule has 0 bridgehead atoms. The number of aliphatic hydroxyl groups is 1. The van der Waals surface area contributed by atoms with Crippen LogP contribution in [0.3, 0.4) is 0 Å². The highest BCUT2D eigenvalue weighted by Crippen LogP contribution is 2.28. The first-order valence-electron chi connectivity index (χ1n) is 6.35. The molecule has 0 spiro atoms. The summed E-state index contributed by atoms with van der Waals surface area (Å²) < 4.78 is 5.67. The highest BCUT2D eigenvalue weighted by molar-refractivity contribution is 4.91. The minimum absolute atomic E-state index is 0.102. The molecule has 0 aromatic carbocycles. The van der Waals surface area contributed by atoms with Gasteiger partial charge in [-0.1, -0.05) is 0 Å². The lowest BCUT2D eigenvalue weighted by atomic mass is 10.00. The smallest absolute Gasteiger partial charge is 0.0559 e. The average molecular weight is 229 g/mol. The minimum atomic E-state index is -0.166. The van der Waals surface area contributed by atoms with Crippen molar-refractivity contribution in [3.05, 3.63) is 0 Å². The van der Waals surface area contributed by atoms with Gasteiger partial charge in [-0.05, 0) is 47.5 Å². The molecule has 3 atom stereocenters. The van der Waals surface area contributed by atoms with Crippen LogP contribution in [-0.2, 0) is 4.74 Å². The molecule has 0 heterocycles. The van der Waals surface area contributed by atoms with E-state index in [9.17, 15) is 5.11 Å². The van der Waals surface area contributed by atoms with Crippen molar-refractivity contribution in [1.82, 2.24) is 5.32 Å². The van der Waals surface area contributed by atoms with Crippen molar-refractivity contribution in [2.75, 3.05) is 6.61 Å².